The first kappa shape index (κ1) is 8.69. The summed E-state index contributed by atoms with van der Waals surface area (Å²) >= 11 is 0. The van der Waals surface area contributed by atoms with Crippen LogP contribution in [0.25, 0.3) is 0 Å². The fourth-order valence-corrected chi connectivity index (χ4v) is 1.34. The molecule has 0 bridgehead atoms. The lowest BCUT2D eigenvalue weighted by molar-refractivity contribution is -0.123. The molecule has 1 aliphatic carbocycles. The van der Waals surface area contributed by atoms with Gasteiger partial charge in [0.2, 0.25) is 0 Å². The number of halogens is 1. The molecule has 1 nitrogen and oxygen atoms in total. The van der Waals surface area contributed by atoms with Crippen molar-refractivity contribution < 1.29 is 9.18 Å². The molecular formula is C9H15FO. The van der Waals surface area contributed by atoms with E-state index in [4.69, 9.17) is 0 Å². The Hall–Kier alpha value is -0.400. The Labute approximate surface area is 67.0 Å². The van der Waals surface area contributed by atoms with E-state index in [0.717, 1.165) is 0 Å². The minimum atomic E-state index is -0.625. The average Bonchev–Trinajstić information content (AvgIpc) is 1.84. The van der Waals surface area contributed by atoms with E-state index < -0.39 is 6.17 Å². The summed E-state index contributed by atoms with van der Waals surface area (Å²) in [5.74, 6) is 0.746. The van der Waals surface area contributed by atoms with Crippen molar-refractivity contribution in [2.24, 2.45) is 11.8 Å². The normalized spacial score (nSPS) is 30.2. The van der Waals surface area contributed by atoms with Crippen LogP contribution >= 0.6 is 0 Å². The predicted octanol–water partition coefficient (Wildman–Crippen LogP) is 2.35. The third-order valence-corrected chi connectivity index (χ3v) is 2.31. The second-order valence-corrected chi connectivity index (χ2v) is 3.76. The molecule has 64 valence electrons. The Kier molecular flexibility index (Phi) is 2.63. The molecular weight excluding hydrogens is 143 g/mol. The van der Waals surface area contributed by atoms with Crippen molar-refractivity contribution in [3.8, 4) is 0 Å². The summed E-state index contributed by atoms with van der Waals surface area (Å²) < 4.78 is 12.3. The highest BCUT2D eigenvalue weighted by Crippen LogP contribution is 2.33. The van der Waals surface area contributed by atoms with Gasteiger partial charge in [-0.3, -0.25) is 4.79 Å². The number of hydrogen-bond donors (Lipinski definition) is 0. The van der Waals surface area contributed by atoms with E-state index in [-0.39, 0.29) is 11.7 Å². The van der Waals surface area contributed by atoms with Crippen molar-refractivity contribution in [2.75, 3.05) is 0 Å². The topological polar surface area (TPSA) is 17.1 Å². The van der Waals surface area contributed by atoms with Crippen LogP contribution in [0.3, 0.4) is 0 Å². The Morgan fingerprint density at radius 2 is 2.09 bits per heavy atom. The summed E-state index contributed by atoms with van der Waals surface area (Å²) in [4.78, 5) is 11.1. The van der Waals surface area contributed by atoms with E-state index in [1.54, 1.807) is 0 Å². The van der Waals surface area contributed by atoms with E-state index in [0.29, 0.717) is 25.2 Å². The standard InChI is InChI=1S/C9H15FO/c1-6(2)9(11)5-7-3-8(10)4-7/h6-8H,3-5H2,1-2H3. The average molecular weight is 158 g/mol. The minimum Gasteiger partial charge on any atom is -0.299 e. The van der Waals surface area contributed by atoms with Gasteiger partial charge in [-0.25, -0.2) is 4.39 Å². The van der Waals surface area contributed by atoms with Crippen molar-refractivity contribution in [1.82, 2.24) is 0 Å². The second kappa shape index (κ2) is 3.33. The van der Waals surface area contributed by atoms with Crippen LogP contribution in [0.5, 0.6) is 0 Å². The molecule has 0 spiro atoms. The van der Waals surface area contributed by atoms with Gasteiger partial charge in [-0.1, -0.05) is 13.8 Å². The van der Waals surface area contributed by atoms with Crippen LogP contribution in [-0.2, 0) is 4.79 Å². The zero-order valence-corrected chi connectivity index (χ0v) is 7.14. The SMILES string of the molecule is CC(C)C(=O)CC1CC(F)C1. The lowest BCUT2D eigenvalue weighted by atomic mass is 9.79. The summed E-state index contributed by atoms with van der Waals surface area (Å²) in [6.07, 6.45) is 1.19. The summed E-state index contributed by atoms with van der Waals surface area (Å²) in [7, 11) is 0. The van der Waals surface area contributed by atoms with Gasteiger partial charge >= 0.3 is 0 Å². The van der Waals surface area contributed by atoms with Crippen LogP contribution in [-0.4, -0.2) is 12.0 Å². The molecule has 1 aliphatic rings. The van der Waals surface area contributed by atoms with Gasteiger partial charge in [-0.15, -0.1) is 0 Å². The molecule has 2 heteroatoms. The molecule has 0 atom stereocenters. The van der Waals surface area contributed by atoms with Crippen LogP contribution in [0.1, 0.15) is 33.1 Å². The molecule has 0 aromatic heterocycles. The van der Waals surface area contributed by atoms with Crippen LogP contribution in [0.2, 0.25) is 0 Å². The van der Waals surface area contributed by atoms with E-state index in [9.17, 15) is 9.18 Å². The van der Waals surface area contributed by atoms with Gasteiger partial charge in [0.05, 0.1) is 0 Å². The Bertz CT molecular complexity index is 148. The molecule has 11 heavy (non-hydrogen) atoms. The third-order valence-electron chi connectivity index (χ3n) is 2.31. The molecule has 0 heterocycles. The highest BCUT2D eigenvalue weighted by molar-refractivity contribution is 5.80. The quantitative estimate of drug-likeness (QED) is 0.616. The smallest absolute Gasteiger partial charge is 0.135 e. The number of hydrogen-bond acceptors (Lipinski definition) is 1. The van der Waals surface area contributed by atoms with Gasteiger partial charge in [-0.05, 0) is 18.8 Å². The van der Waals surface area contributed by atoms with Gasteiger partial charge in [-0.2, -0.15) is 0 Å². The summed E-state index contributed by atoms with van der Waals surface area (Å²) in [5, 5.41) is 0. The molecule has 1 saturated carbocycles. The summed E-state index contributed by atoms with van der Waals surface area (Å²) in [6, 6.07) is 0. The van der Waals surface area contributed by atoms with E-state index in [2.05, 4.69) is 0 Å². The van der Waals surface area contributed by atoms with Crippen molar-refractivity contribution in [2.45, 2.75) is 39.3 Å². The molecule has 0 saturated heterocycles. The number of ketones is 1. The fraction of sp³-hybridized carbons (Fsp3) is 0.889. The molecule has 0 aliphatic heterocycles. The van der Waals surface area contributed by atoms with Gasteiger partial charge in [0, 0.05) is 12.3 Å². The van der Waals surface area contributed by atoms with E-state index >= 15 is 0 Å². The molecule has 0 amide bonds. The maximum Gasteiger partial charge on any atom is 0.135 e. The zero-order valence-electron chi connectivity index (χ0n) is 7.14. The van der Waals surface area contributed by atoms with E-state index in [1.165, 1.54) is 0 Å². The van der Waals surface area contributed by atoms with Crippen molar-refractivity contribution in [1.29, 1.82) is 0 Å². The maximum absolute atomic E-state index is 12.3. The molecule has 1 rings (SSSR count). The molecule has 1 fully saturated rings. The number of rotatable bonds is 3. The Balaban J connectivity index is 2.17. The number of carbonyl (C=O) groups excluding carboxylic acids is 1. The first-order valence-electron chi connectivity index (χ1n) is 4.26. The molecule has 0 aromatic rings. The number of Topliss-reactive ketones (excluding diaryl/α,β-unsaturated/α-hetero) is 1. The fourth-order valence-electron chi connectivity index (χ4n) is 1.34. The summed E-state index contributed by atoms with van der Waals surface area (Å²) in [6.45, 7) is 3.79. The molecule has 0 aromatic carbocycles. The lowest BCUT2D eigenvalue weighted by Gasteiger charge is -2.29. The van der Waals surface area contributed by atoms with Crippen LogP contribution in [0.4, 0.5) is 4.39 Å². The Morgan fingerprint density at radius 3 is 2.45 bits per heavy atom. The predicted molar refractivity (Wildman–Crippen MR) is 42.1 cm³/mol. The minimum absolute atomic E-state index is 0.119. The lowest BCUT2D eigenvalue weighted by Crippen LogP contribution is -2.28. The first-order chi connectivity index (χ1) is 5.09. The van der Waals surface area contributed by atoms with Crippen molar-refractivity contribution in [3.63, 3.8) is 0 Å². The van der Waals surface area contributed by atoms with Crippen LogP contribution in [0, 0.1) is 11.8 Å². The molecule has 0 radical (unpaired) electrons. The Morgan fingerprint density at radius 1 is 1.55 bits per heavy atom. The molecule has 0 unspecified atom stereocenters. The van der Waals surface area contributed by atoms with Gasteiger partial charge < -0.3 is 0 Å². The monoisotopic (exact) mass is 158 g/mol. The van der Waals surface area contributed by atoms with E-state index in [1.807, 2.05) is 13.8 Å². The van der Waals surface area contributed by atoms with Crippen LogP contribution in [0.15, 0.2) is 0 Å². The first-order valence-corrected chi connectivity index (χ1v) is 4.26. The largest absolute Gasteiger partial charge is 0.299 e. The highest BCUT2D eigenvalue weighted by Gasteiger charge is 2.30. The number of carbonyl (C=O) groups is 1. The summed E-state index contributed by atoms with van der Waals surface area (Å²) in [5.41, 5.74) is 0. The van der Waals surface area contributed by atoms with Gasteiger partial charge in [0.1, 0.15) is 12.0 Å². The zero-order chi connectivity index (χ0) is 8.43. The second-order valence-electron chi connectivity index (χ2n) is 3.76. The third kappa shape index (κ3) is 2.28. The van der Waals surface area contributed by atoms with Crippen LogP contribution < -0.4 is 0 Å². The van der Waals surface area contributed by atoms with Crippen molar-refractivity contribution in [3.05, 3.63) is 0 Å². The van der Waals surface area contributed by atoms with Crippen molar-refractivity contribution >= 4 is 5.78 Å². The number of alkyl halides is 1. The van der Waals surface area contributed by atoms with Gasteiger partial charge in [0.15, 0.2) is 0 Å². The van der Waals surface area contributed by atoms with Gasteiger partial charge in [0.25, 0.3) is 0 Å². The highest BCUT2D eigenvalue weighted by atomic mass is 19.1. The maximum atomic E-state index is 12.3. The molecule has 0 N–H and O–H groups in total.